The van der Waals surface area contributed by atoms with E-state index in [1.54, 1.807) is 18.2 Å². The molecule has 0 radical (unpaired) electrons. The summed E-state index contributed by atoms with van der Waals surface area (Å²) in [5.41, 5.74) is 2.27. The molecule has 1 aliphatic rings. The Kier molecular flexibility index (Phi) is 7.47. The van der Waals surface area contributed by atoms with Crippen LogP contribution in [0.15, 0.2) is 41.3 Å². The van der Waals surface area contributed by atoms with Gasteiger partial charge in [-0.2, -0.15) is 0 Å². The van der Waals surface area contributed by atoms with Crippen LogP contribution in [0.5, 0.6) is 11.5 Å². The van der Waals surface area contributed by atoms with E-state index in [1.807, 2.05) is 6.07 Å². The van der Waals surface area contributed by atoms with Crippen molar-refractivity contribution in [3.8, 4) is 11.5 Å². The van der Waals surface area contributed by atoms with Gasteiger partial charge in [0.15, 0.2) is 11.5 Å². The second kappa shape index (κ2) is 10.1. The molecule has 0 spiro atoms. The normalized spacial score (nSPS) is 14.1. The van der Waals surface area contributed by atoms with Gasteiger partial charge in [0.1, 0.15) is 0 Å². The van der Waals surface area contributed by atoms with Gasteiger partial charge in [0.2, 0.25) is 10.0 Å². The SMILES string of the molecule is COc1ccc(S(=O)(=O)NCCCCN2CCc3ccc([N+](=O)[O-])cc3C2)cc1OC. The molecule has 2 aromatic carbocycles. The number of hydrogen-bond donors (Lipinski definition) is 1. The standard InChI is InChI=1S/C21H27N3O6S/c1-29-20-8-7-19(14-21(20)30-2)31(27,28)22-10-3-4-11-23-12-9-16-5-6-18(24(25)26)13-17(16)15-23/h5-8,13-14,22H,3-4,9-12,15H2,1-2H3. The maximum Gasteiger partial charge on any atom is 0.269 e. The second-order valence-corrected chi connectivity index (χ2v) is 9.12. The van der Waals surface area contributed by atoms with E-state index < -0.39 is 10.0 Å². The van der Waals surface area contributed by atoms with Crippen LogP contribution < -0.4 is 14.2 Å². The van der Waals surface area contributed by atoms with Gasteiger partial charge in [-0.25, -0.2) is 13.1 Å². The van der Waals surface area contributed by atoms with Gasteiger partial charge < -0.3 is 9.47 Å². The van der Waals surface area contributed by atoms with E-state index in [4.69, 9.17) is 9.47 Å². The van der Waals surface area contributed by atoms with E-state index in [-0.39, 0.29) is 15.5 Å². The minimum absolute atomic E-state index is 0.116. The van der Waals surface area contributed by atoms with Crippen LogP contribution in [-0.2, 0) is 23.0 Å². The molecular formula is C21H27N3O6S. The van der Waals surface area contributed by atoms with E-state index in [0.29, 0.717) is 31.0 Å². The number of methoxy groups -OCH3 is 2. The first-order valence-electron chi connectivity index (χ1n) is 10.0. The van der Waals surface area contributed by atoms with Gasteiger partial charge in [-0.05, 0) is 49.1 Å². The summed E-state index contributed by atoms with van der Waals surface area (Å²) in [5.74, 6) is 0.825. The fourth-order valence-corrected chi connectivity index (χ4v) is 4.73. The molecule has 0 aliphatic carbocycles. The van der Waals surface area contributed by atoms with Crippen molar-refractivity contribution in [2.75, 3.05) is 33.9 Å². The van der Waals surface area contributed by atoms with E-state index in [2.05, 4.69) is 9.62 Å². The van der Waals surface area contributed by atoms with Crippen molar-refractivity contribution in [3.63, 3.8) is 0 Å². The van der Waals surface area contributed by atoms with Crippen molar-refractivity contribution in [2.45, 2.75) is 30.7 Å². The van der Waals surface area contributed by atoms with Gasteiger partial charge >= 0.3 is 0 Å². The highest BCUT2D eigenvalue weighted by atomic mass is 32.2. The summed E-state index contributed by atoms with van der Waals surface area (Å²) in [4.78, 5) is 13.0. The predicted molar refractivity (Wildman–Crippen MR) is 116 cm³/mol. The summed E-state index contributed by atoms with van der Waals surface area (Å²) >= 11 is 0. The molecule has 0 saturated heterocycles. The zero-order valence-corrected chi connectivity index (χ0v) is 18.5. The van der Waals surface area contributed by atoms with E-state index in [1.165, 1.54) is 26.4 Å². The molecule has 3 rings (SSSR count). The number of nitro benzene ring substituents is 1. The lowest BCUT2D eigenvalue weighted by atomic mass is 9.99. The molecule has 9 nitrogen and oxygen atoms in total. The second-order valence-electron chi connectivity index (χ2n) is 7.36. The van der Waals surface area contributed by atoms with Crippen LogP contribution >= 0.6 is 0 Å². The third-order valence-electron chi connectivity index (χ3n) is 5.35. The molecular weight excluding hydrogens is 422 g/mol. The third kappa shape index (κ3) is 5.72. The van der Waals surface area contributed by atoms with Crippen LogP contribution in [0.1, 0.15) is 24.0 Å². The van der Waals surface area contributed by atoms with Crippen LogP contribution in [-0.4, -0.2) is 52.1 Å². The fourth-order valence-electron chi connectivity index (χ4n) is 3.64. The van der Waals surface area contributed by atoms with Crippen molar-refractivity contribution in [1.29, 1.82) is 0 Å². The molecule has 2 aromatic rings. The van der Waals surface area contributed by atoms with E-state index >= 15 is 0 Å². The van der Waals surface area contributed by atoms with Crippen molar-refractivity contribution >= 4 is 15.7 Å². The van der Waals surface area contributed by atoms with Crippen LogP contribution in [0, 0.1) is 10.1 Å². The zero-order valence-electron chi connectivity index (χ0n) is 17.7. The zero-order chi connectivity index (χ0) is 22.4. The van der Waals surface area contributed by atoms with Gasteiger partial charge in [0.25, 0.3) is 5.69 Å². The van der Waals surface area contributed by atoms with Gasteiger partial charge in [-0.3, -0.25) is 15.0 Å². The van der Waals surface area contributed by atoms with Crippen LogP contribution in [0.3, 0.4) is 0 Å². The highest BCUT2D eigenvalue weighted by Crippen LogP contribution is 2.29. The van der Waals surface area contributed by atoms with Crippen LogP contribution in [0.25, 0.3) is 0 Å². The van der Waals surface area contributed by atoms with Gasteiger partial charge in [-0.1, -0.05) is 6.07 Å². The van der Waals surface area contributed by atoms with Gasteiger partial charge in [-0.15, -0.1) is 0 Å². The summed E-state index contributed by atoms with van der Waals surface area (Å²) in [6.45, 7) is 2.70. The molecule has 0 aromatic heterocycles. The topological polar surface area (TPSA) is 111 Å². The number of non-ortho nitro benzene ring substituents is 1. The first-order chi connectivity index (χ1) is 14.8. The molecule has 0 amide bonds. The molecule has 0 unspecified atom stereocenters. The Bertz CT molecular complexity index is 1040. The van der Waals surface area contributed by atoms with Crippen molar-refractivity contribution in [3.05, 3.63) is 57.6 Å². The lowest BCUT2D eigenvalue weighted by molar-refractivity contribution is -0.385. The lowest BCUT2D eigenvalue weighted by Gasteiger charge is -2.28. The number of benzene rings is 2. The lowest BCUT2D eigenvalue weighted by Crippen LogP contribution is -2.32. The molecule has 0 saturated carbocycles. The van der Waals surface area contributed by atoms with Gasteiger partial charge in [0, 0.05) is 37.8 Å². The Labute approximate surface area is 182 Å². The molecule has 0 atom stereocenters. The molecule has 31 heavy (non-hydrogen) atoms. The maximum absolute atomic E-state index is 12.5. The van der Waals surface area contributed by atoms with Gasteiger partial charge in [0.05, 0.1) is 24.0 Å². The number of fused-ring (bicyclic) bond motifs is 1. The Morgan fingerprint density at radius 3 is 2.55 bits per heavy atom. The summed E-state index contributed by atoms with van der Waals surface area (Å²) in [7, 11) is -0.689. The average molecular weight is 450 g/mol. The van der Waals surface area contributed by atoms with Crippen LogP contribution in [0.2, 0.25) is 0 Å². The quantitative estimate of drug-likeness (QED) is 0.337. The molecule has 10 heteroatoms. The third-order valence-corrected chi connectivity index (χ3v) is 6.81. The summed E-state index contributed by atoms with van der Waals surface area (Å²) in [6, 6.07) is 9.52. The first kappa shape index (κ1) is 23.0. The molecule has 0 bridgehead atoms. The number of sulfonamides is 1. The largest absolute Gasteiger partial charge is 0.493 e. The number of nitro groups is 1. The Morgan fingerprint density at radius 2 is 1.84 bits per heavy atom. The Hall–Kier alpha value is -2.69. The minimum atomic E-state index is -3.64. The van der Waals surface area contributed by atoms with E-state index in [9.17, 15) is 18.5 Å². The summed E-state index contributed by atoms with van der Waals surface area (Å²) < 4.78 is 38.0. The highest BCUT2D eigenvalue weighted by Gasteiger charge is 2.19. The molecule has 1 heterocycles. The Morgan fingerprint density at radius 1 is 1.06 bits per heavy atom. The number of ether oxygens (including phenoxy) is 2. The number of nitrogens with one attached hydrogen (secondary N) is 1. The summed E-state index contributed by atoms with van der Waals surface area (Å²) in [6.07, 6.45) is 2.36. The Balaban J connectivity index is 1.47. The minimum Gasteiger partial charge on any atom is -0.493 e. The predicted octanol–water partition coefficient (Wildman–Crippen LogP) is 2.73. The highest BCUT2D eigenvalue weighted by molar-refractivity contribution is 7.89. The monoisotopic (exact) mass is 449 g/mol. The van der Waals surface area contributed by atoms with Crippen molar-refractivity contribution in [1.82, 2.24) is 9.62 Å². The fraction of sp³-hybridized carbons (Fsp3) is 0.429. The average Bonchev–Trinajstić information content (AvgIpc) is 2.77. The smallest absolute Gasteiger partial charge is 0.269 e. The first-order valence-corrected chi connectivity index (χ1v) is 11.5. The number of rotatable bonds is 10. The number of nitrogens with zero attached hydrogens (tertiary/aromatic N) is 2. The van der Waals surface area contributed by atoms with Crippen LogP contribution in [0.4, 0.5) is 5.69 Å². The maximum atomic E-state index is 12.5. The van der Waals surface area contributed by atoms with Crippen molar-refractivity contribution in [2.24, 2.45) is 0 Å². The molecule has 0 fully saturated rings. The van der Waals surface area contributed by atoms with E-state index in [0.717, 1.165) is 37.1 Å². The number of hydrogen-bond acceptors (Lipinski definition) is 7. The molecule has 1 aliphatic heterocycles. The molecule has 1 N–H and O–H groups in total. The summed E-state index contributed by atoms with van der Waals surface area (Å²) in [5, 5.41) is 11.0. The van der Waals surface area contributed by atoms with Crippen molar-refractivity contribution < 1.29 is 22.8 Å². The molecule has 168 valence electrons. The number of unbranched alkanes of at least 4 members (excludes halogenated alkanes) is 1.